The van der Waals surface area contributed by atoms with E-state index in [2.05, 4.69) is 0 Å². The molecular formula is C13H27O6P. The van der Waals surface area contributed by atoms with Crippen LogP contribution in [0.25, 0.3) is 0 Å². The third-order valence-corrected chi connectivity index (χ3v) is 3.70. The largest absolute Gasteiger partial charge is 0.475 e. The molecule has 0 atom stereocenters. The minimum atomic E-state index is -3.72. The van der Waals surface area contributed by atoms with E-state index in [1.165, 1.54) is 0 Å². The van der Waals surface area contributed by atoms with Crippen LogP contribution in [0.4, 0.5) is 0 Å². The Morgan fingerprint density at radius 1 is 0.950 bits per heavy atom. The van der Waals surface area contributed by atoms with Gasteiger partial charge in [0.15, 0.2) is 0 Å². The first-order valence-electron chi connectivity index (χ1n) is 6.68. The zero-order valence-electron chi connectivity index (χ0n) is 13.5. The summed E-state index contributed by atoms with van der Waals surface area (Å²) in [6.07, 6.45) is 0.286. The minimum Gasteiger partial charge on any atom is -0.463 e. The number of phosphoric acid groups is 1. The SMILES string of the molecule is CCC(=O)OCCOP(=O)(OC(C)(C)C)OC(C)(C)C. The van der Waals surface area contributed by atoms with Gasteiger partial charge in [0.2, 0.25) is 0 Å². The summed E-state index contributed by atoms with van der Waals surface area (Å²) in [5, 5.41) is 0. The van der Waals surface area contributed by atoms with Crippen molar-refractivity contribution >= 4 is 13.8 Å². The van der Waals surface area contributed by atoms with Gasteiger partial charge in [-0.2, -0.15) is 0 Å². The fraction of sp³-hybridized carbons (Fsp3) is 0.923. The summed E-state index contributed by atoms with van der Waals surface area (Å²) in [6.45, 7) is 12.2. The minimum absolute atomic E-state index is 0.0116. The van der Waals surface area contributed by atoms with Gasteiger partial charge in [-0.15, -0.1) is 0 Å². The first-order valence-corrected chi connectivity index (χ1v) is 8.15. The van der Waals surface area contributed by atoms with Crippen molar-refractivity contribution in [2.45, 2.75) is 66.1 Å². The molecule has 0 rings (SSSR count). The quantitative estimate of drug-likeness (QED) is 0.406. The normalized spacial score (nSPS) is 13.3. The lowest BCUT2D eigenvalue weighted by Gasteiger charge is -2.30. The maximum atomic E-state index is 12.6. The molecule has 0 aliphatic rings. The summed E-state index contributed by atoms with van der Waals surface area (Å²) >= 11 is 0. The average Bonchev–Trinajstić information content (AvgIpc) is 2.18. The van der Waals surface area contributed by atoms with Crippen molar-refractivity contribution in [3.63, 3.8) is 0 Å². The molecule has 0 radical (unpaired) electrons. The molecule has 0 aliphatic heterocycles. The number of hydrogen-bond acceptors (Lipinski definition) is 6. The lowest BCUT2D eigenvalue weighted by molar-refractivity contribution is -0.144. The highest BCUT2D eigenvalue weighted by molar-refractivity contribution is 7.48. The molecule has 20 heavy (non-hydrogen) atoms. The van der Waals surface area contributed by atoms with Crippen molar-refractivity contribution in [2.75, 3.05) is 13.2 Å². The van der Waals surface area contributed by atoms with E-state index in [-0.39, 0.29) is 25.6 Å². The molecule has 6 nitrogen and oxygen atoms in total. The van der Waals surface area contributed by atoms with Crippen molar-refractivity contribution < 1.29 is 27.7 Å². The second-order valence-corrected chi connectivity index (χ2v) is 7.78. The molecular weight excluding hydrogens is 283 g/mol. The molecule has 0 unspecified atom stereocenters. The summed E-state index contributed by atoms with van der Waals surface area (Å²) in [7, 11) is -3.72. The Hall–Kier alpha value is -0.420. The van der Waals surface area contributed by atoms with Gasteiger partial charge in [-0.3, -0.25) is 18.4 Å². The molecule has 0 bridgehead atoms. The predicted molar refractivity (Wildman–Crippen MR) is 76.5 cm³/mol. The molecule has 0 N–H and O–H groups in total. The van der Waals surface area contributed by atoms with Gasteiger partial charge in [-0.25, -0.2) is 4.57 Å². The van der Waals surface area contributed by atoms with Crippen molar-refractivity contribution in [3.05, 3.63) is 0 Å². The predicted octanol–water partition coefficient (Wildman–Crippen LogP) is 3.69. The molecule has 7 heteroatoms. The van der Waals surface area contributed by atoms with Gasteiger partial charge in [0.05, 0.1) is 17.8 Å². The van der Waals surface area contributed by atoms with Crippen LogP contribution < -0.4 is 0 Å². The van der Waals surface area contributed by atoms with Gasteiger partial charge in [-0.1, -0.05) is 6.92 Å². The van der Waals surface area contributed by atoms with Crippen LogP contribution in [0.2, 0.25) is 0 Å². The third kappa shape index (κ3) is 10.4. The van der Waals surface area contributed by atoms with Gasteiger partial charge in [0.25, 0.3) is 0 Å². The van der Waals surface area contributed by atoms with Crippen LogP contribution in [-0.2, 0) is 27.7 Å². The molecule has 0 aliphatic carbocycles. The fourth-order valence-electron chi connectivity index (χ4n) is 1.15. The summed E-state index contributed by atoms with van der Waals surface area (Å²) in [5.74, 6) is -0.336. The van der Waals surface area contributed by atoms with E-state index in [0.29, 0.717) is 0 Å². The van der Waals surface area contributed by atoms with Crippen molar-refractivity contribution in [3.8, 4) is 0 Å². The van der Waals surface area contributed by atoms with Crippen molar-refractivity contribution in [2.24, 2.45) is 0 Å². The van der Waals surface area contributed by atoms with E-state index >= 15 is 0 Å². The average molecular weight is 310 g/mol. The standard InChI is InChI=1S/C13H27O6P/c1-8-11(14)16-9-10-17-20(15,18-12(2,3)4)19-13(5,6)7/h8-10H2,1-7H3. The van der Waals surface area contributed by atoms with Crippen LogP contribution in [0.3, 0.4) is 0 Å². The maximum Gasteiger partial charge on any atom is 0.475 e. The molecule has 0 aromatic rings. The van der Waals surface area contributed by atoms with Gasteiger partial charge in [-0.05, 0) is 41.5 Å². The monoisotopic (exact) mass is 310 g/mol. The number of phosphoric ester groups is 1. The highest BCUT2D eigenvalue weighted by Crippen LogP contribution is 2.55. The summed E-state index contributed by atoms with van der Waals surface area (Å²) in [4.78, 5) is 11.0. The Morgan fingerprint density at radius 2 is 1.40 bits per heavy atom. The van der Waals surface area contributed by atoms with Crippen LogP contribution in [0.15, 0.2) is 0 Å². The van der Waals surface area contributed by atoms with Gasteiger partial charge in [0, 0.05) is 6.42 Å². The zero-order chi connectivity index (χ0) is 16.0. The zero-order valence-corrected chi connectivity index (χ0v) is 14.4. The molecule has 0 saturated heterocycles. The van der Waals surface area contributed by atoms with Gasteiger partial charge >= 0.3 is 13.8 Å². The smallest absolute Gasteiger partial charge is 0.463 e. The number of hydrogen-bond donors (Lipinski definition) is 0. The maximum absolute atomic E-state index is 12.6. The number of carbonyl (C=O) groups excluding carboxylic acids is 1. The van der Waals surface area contributed by atoms with Crippen molar-refractivity contribution in [1.82, 2.24) is 0 Å². The first kappa shape index (κ1) is 19.6. The second-order valence-electron chi connectivity index (χ2n) is 6.26. The fourth-order valence-corrected chi connectivity index (χ4v) is 2.93. The van der Waals surface area contributed by atoms with Gasteiger partial charge in [0.1, 0.15) is 6.61 Å². The Morgan fingerprint density at radius 3 is 1.75 bits per heavy atom. The van der Waals surface area contributed by atoms with Crippen LogP contribution in [0.1, 0.15) is 54.9 Å². The summed E-state index contributed by atoms with van der Waals surface area (Å²) in [6, 6.07) is 0. The molecule has 0 spiro atoms. The Labute approximate surface area is 121 Å². The highest BCUT2D eigenvalue weighted by Gasteiger charge is 2.37. The van der Waals surface area contributed by atoms with E-state index in [0.717, 1.165) is 0 Å². The van der Waals surface area contributed by atoms with Gasteiger partial charge < -0.3 is 4.74 Å². The number of carbonyl (C=O) groups is 1. The topological polar surface area (TPSA) is 71.1 Å². The lowest BCUT2D eigenvalue weighted by Crippen LogP contribution is -2.25. The molecule has 120 valence electrons. The van der Waals surface area contributed by atoms with E-state index in [4.69, 9.17) is 18.3 Å². The van der Waals surface area contributed by atoms with Crippen molar-refractivity contribution in [1.29, 1.82) is 0 Å². The Kier molecular flexibility index (Phi) is 7.39. The molecule has 0 fully saturated rings. The van der Waals surface area contributed by atoms with Crippen LogP contribution in [0, 0.1) is 0 Å². The molecule has 0 saturated carbocycles. The summed E-state index contributed by atoms with van der Waals surface area (Å²) < 4.78 is 33.4. The molecule has 0 aromatic heterocycles. The highest BCUT2D eigenvalue weighted by atomic mass is 31.2. The van der Waals surface area contributed by atoms with Crippen LogP contribution in [-0.4, -0.2) is 30.4 Å². The van der Waals surface area contributed by atoms with E-state index in [9.17, 15) is 9.36 Å². The Balaban J connectivity index is 4.55. The first-order chi connectivity index (χ1) is 8.87. The third-order valence-electron chi connectivity index (χ3n) is 1.66. The number of ether oxygens (including phenoxy) is 1. The van der Waals surface area contributed by atoms with Crippen LogP contribution >= 0.6 is 7.82 Å². The number of esters is 1. The van der Waals surface area contributed by atoms with E-state index < -0.39 is 19.0 Å². The van der Waals surface area contributed by atoms with Crippen LogP contribution in [0.5, 0.6) is 0 Å². The Bertz CT molecular complexity index is 333. The lowest BCUT2D eigenvalue weighted by atomic mass is 10.2. The molecule has 0 heterocycles. The number of rotatable bonds is 7. The second kappa shape index (κ2) is 7.55. The van der Waals surface area contributed by atoms with E-state index in [1.54, 1.807) is 48.5 Å². The van der Waals surface area contributed by atoms with E-state index in [1.807, 2.05) is 0 Å². The molecule has 0 aromatic carbocycles. The molecule has 0 amide bonds. The summed E-state index contributed by atoms with van der Waals surface area (Å²) in [5.41, 5.74) is -1.36.